The normalized spacial score (nSPS) is 29.4. The van der Waals surface area contributed by atoms with Crippen LogP contribution in [0.2, 0.25) is 10.0 Å². The highest BCUT2D eigenvalue weighted by atomic mass is 35.5. The van der Waals surface area contributed by atoms with Crippen molar-refractivity contribution in [2.24, 2.45) is 11.8 Å². The summed E-state index contributed by atoms with van der Waals surface area (Å²) in [5.74, 6) is -2.38. The highest BCUT2D eigenvalue weighted by molar-refractivity contribution is 6.35. The van der Waals surface area contributed by atoms with E-state index in [4.69, 9.17) is 27.9 Å². The molecule has 3 amide bonds. The molecule has 0 unspecified atom stereocenters. The first kappa shape index (κ1) is 28.3. The van der Waals surface area contributed by atoms with E-state index in [2.05, 4.69) is 22.8 Å². The van der Waals surface area contributed by atoms with Crippen molar-refractivity contribution < 1.29 is 19.1 Å². The summed E-state index contributed by atoms with van der Waals surface area (Å²) in [6, 6.07) is 13.9. The van der Waals surface area contributed by atoms with Crippen LogP contribution in [-0.4, -0.2) is 52.5 Å². The van der Waals surface area contributed by atoms with E-state index in [1.807, 2.05) is 37.3 Å². The standard InChI is InChI=1S/C32H35Cl2N3O4/c1-19(12-13-20-8-4-2-5-9-20)37-28(30(39)35-23-10-6-3-7-11-23)32-15-14-25(41-32)26(27(32)31(37)40)29(38)36-24-17-21(33)16-22(34)18-24/h2,4-5,8-9,14-19,23,25-28H,3,6-7,10-13H2,1H3,(H,35,39)(H,36,38)/t19-,25+,26+,27+,28+,32+/m1/s1. The van der Waals surface area contributed by atoms with Crippen LogP contribution in [0.25, 0.3) is 0 Å². The summed E-state index contributed by atoms with van der Waals surface area (Å²) in [4.78, 5) is 43.8. The second-order valence-corrected chi connectivity index (χ2v) is 12.7. The van der Waals surface area contributed by atoms with E-state index in [-0.39, 0.29) is 29.8 Å². The summed E-state index contributed by atoms with van der Waals surface area (Å²) >= 11 is 12.3. The van der Waals surface area contributed by atoms with Gasteiger partial charge in [-0.25, -0.2) is 0 Å². The summed E-state index contributed by atoms with van der Waals surface area (Å²) in [6.45, 7) is 1.98. The number of carbonyl (C=O) groups is 3. The van der Waals surface area contributed by atoms with Crippen LogP contribution in [0.3, 0.4) is 0 Å². The minimum absolute atomic E-state index is 0.0810. The molecular weight excluding hydrogens is 561 g/mol. The molecule has 2 N–H and O–H groups in total. The van der Waals surface area contributed by atoms with Crippen molar-refractivity contribution in [2.45, 2.75) is 81.7 Å². The molecule has 9 heteroatoms. The number of fused-ring (bicyclic) bond motifs is 1. The number of rotatable bonds is 8. The molecule has 216 valence electrons. The first-order chi connectivity index (χ1) is 19.8. The second kappa shape index (κ2) is 11.4. The maximum absolute atomic E-state index is 14.3. The van der Waals surface area contributed by atoms with Gasteiger partial charge in [-0.2, -0.15) is 0 Å². The zero-order chi connectivity index (χ0) is 28.7. The Morgan fingerprint density at radius 2 is 1.76 bits per heavy atom. The molecule has 3 aliphatic heterocycles. The minimum Gasteiger partial charge on any atom is -0.359 e. The molecule has 7 nitrogen and oxygen atoms in total. The Kier molecular flexibility index (Phi) is 7.88. The molecule has 3 heterocycles. The van der Waals surface area contributed by atoms with Crippen LogP contribution in [0, 0.1) is 11.8 Å². The largest absolute Gasteiger partial charge is 0.359 e. The number of ether oxygens (including phenoxy) is 1. The van der Waals surface area contributed by atoms with Crippen LogP contribution >= 0.6 is 23.2 Å². The lowest BCUT2D eigenvalue weighted by molar-refractivity contribution is -0.143. The third-order valence-corrected chi connectivity index (χ3v) is 9.55. The SMILES string of the molecule is C[C@H](CCc1ccccc1)N1C(=O)[C@@H]2[C@@H](C(=O)Nc3cc(Cl)cc(Cl)c3)[C@@H]3C=C[C@@]2(O3)[C@@H]1C(=O)NC1CCCCC1. The topological polar surface area (TPSA) is 87.7 Å². The Morgan fingerprint density at radius 3 is 2.46 bits per heavy atom. The minimum atomic E-state index is -1.20. The highest BCUT2D eigenvalue weighted by Crippen LogP contribution is 2.56. The Bertz CT molecular complexity index is 1340. The Balaban J connectivity index is 1.29. The van der Waals surface area contributed by atoms with Gasteiger partial charge in [-0.1, -0.05) is 84.9 Å². The number of nitrogens with one attached hydrogen (secondary N) is 2. The van der Waals surface area contributed by atoms with Crippen LogP contribution < -0.4 is 10.6 Å². The number of hydrogen-bond donors (Lipinski definition) is 2. The van der Waals surface area contributed by atoms with Crippen LogP contribution in [0.4, 0.5) is 5.69 Å². The molecule has 2 saturated heterocycles. The summed E-state index contributed by atoms with van der Waals surface area (Å²) in [5.41, 5.74) is 0.413. The van der Waals surface area contributed by atoms with Gasteiger partial charge in [0, 0.05) is 27.8 Å². The monoisotopic (exact) mass is 595 g/mol. The molecule has 2 bridgehead atoms. The van der Waals surface area contributed by atoms with E-state index in [1.54, 1.807) is 23.1 Å². The Labute approximate surface area is 250 Å². The third kappa shape index (κ3) is 5.28. The number of nitrogens with zero attached hydrogens (tertiary/aromatic N) is 1. The van der Waals surface area contributed by atoms with Crippen molar-refractivity contribution in [3.05, 3.63) is 76.3 Å². The van der Waals surface area contributed by atoms with Gasteiger partial charge in [-0.05, 0) is 56.4 Å². The molecule has 0 aromatic heterocycles. The second-order valence-electron chi connectivity index (χ2n) is 11.8. The summed E-state index contributed by atoms with van der Waals surface area (Å²) in [7, 11) is 0. The number of amides is 3. The van der Waals surface area contributed by atoms with Crippen LogP contribution in [0.15, 0.2) is 60.7 Å². The third-order valence-electron chi connectivity index (χ3n) is 9.11. The van der Waals surface area contributed by atoms with Crippen LogP contribution in [0.1, 0.15) is 51.0 Å². The molecule has 3 fully saturated rings. The number of likely N-dealkylation sites (tertiary alicyclic amines) is 1. The average Bonchev–Trinajstić information content (AvgIpc) is 3.59. The van der Waals surface area contributed by atoms with Crippen molar-refractivity contribution in [1.82, 2.24) is 10.2 Å². The molecule has 6 atom stereocenters. The van der Waals surface area contributed by atoms with Gasteiger partial charge in [0.1, 0.15) is 11.6 Å². The predicted octanol–water partition coefficient (Wildman–Crippen LogP) is 5.55. The number of hydrogen-bond acceptors (Lipinski definition) is 4. The van der Waals surface area contributed by atoms with Crippen molar-refractivity contribution in [1.29, 1.82) is 0 Å². The number of anilines is 1. The summed E-state index contributed by atoms with van der Waals surface area (Å²) in [5, 5.41) is 6.92. The lowest BCUT2D eigenvalue weighted by Gasteiger charge is -2.36. The van der Waals surface area contributed by atoms with Crippen LogP contribution in [-0.2, 0) is 25.5 Å². The van der Waals surface area contributed by atoms with Gasteiger partial charge in [0.05, 0.1) is 17.9 Å². The molecule has 2 aromatic rings. The Hall–Kier alpha value is -2.87. The quantitative estimate of drug-likeness (QED) is 0.391. The van der Waals surface area contributed by atoms with Gasteiger partial charge < -0.3 is 20.3 Å². The molecule has 41 heavy (non-hydrogen) atoms. The van der Waals surface area contributed by atoms with E-state index < -0.39 is 29.6 Å². The summed E-state index contributed by atoms with van der Waals surface area (Å²) < 4.78 is 6.49. The maximum Gasteiger partial charge on any atom is 0.246 e. The lowest BCUT2D eigenvalue weighted by atomic mass is 9.74. The fraction of sp³-hybridized carbons (Fsp3) is 0.469. The first-order valence-corrected chi connectivity index (χ1v) is 15.3. The van der Waals surface area contributed by atoms with Crippen molar-refractivity contribution in [3.8, 4) is 0 Å². The molecule has 1 spiro atoms. The van der Waals surface area contributed by atoms with Crippen molar-refractivity contribution in [2.75, 3.05) is 5.32 Å². The molecule has 6 rings (SSSR count). The molecule has 1 saturated carbocycles. The average molecular weight is 597 g/mol. The predicted molar refractivity (Wildman–Crippen MR) is 159 cm³/mol. The van der Waals surface area contributed by atoms with E-state index >= 15 is 0 Å². The van der Waals surface area contributed by atoms with Crippen molar-refractivity contribution >= 4 is 46.6 Å². The number of benzene rings is 2. The van der Waals surface area contributed by atoms with E-state index in [9.17, 15) is 14.4 Å². The zero-order valence-corrected chi connectivity index (χ0v) is 24.5. The van der Waals surface area contributed by atoms with Gasteiger partial charge in [-0.15, -0.1) is 0 Å². The number of aryl methyl sites for hydroxylation is 1. The molecule has 1 aliphatic carbocycles. The lowest BCUT2D eigenvalue weighted by Crippen LogP contribution is -2.58. The van der Waals surface area contributed by atoms with Crippen LogP contribution in [0.5, 0.6) is 0 Å². The van der Waals surface area contributed by atoms with E-state index in [0.29, 0.717) is 22.2 Å². The molecule has 0 radical (unpaired) electrons. The molecule has 4 aliphatic rings. The summed E-state index contributed by atoms with van der Waals surface area (Å²) in [6.07, 6.45) is 9.71. The molecular formula is C32H35Cl2N3O4. The van der Waals surface area contributed by atoms with Crippen molar-refractivity contribution in [3.63, 3.8) is 0 Å². The fourth-order valence-electron chi connectivity index (χ4n) is 7.22. The first-order valence-electron chi connectivity index (χ1n) is 14.6. The number of carbonyl (C=O) groups excluding carboxylic acids is 3. The number of halogens is 2. The maximum atomic E-state index is 14.3. The highest BCUT2D eigenvalue weighted by Gasteiger charge is 2.73. The molecule has 2 aromatic carbocycles. The smallest absolute Gasteiger partial charge is 0.246 e. The fourth-order valence-corrected chi connectivity index (χ4v) is 7.74. The Morgan fingerprint density at radius 1 is 1.05 bits per heavy atom. The van der Waals surface area contributed by atoms with Gasteiger partial charge in [0.25, 0.3) is 0 Å². The van der Waals surface area contributed by atoms with Gasteiger partial charge >= 0.3 is 0 Å². The van der Waals surface area contributed by atoms with Gasteiger partial charge in [0.15, 0.2) is 0 Å². The zero-order valence-electron chi connectivity index (χ0n) is 23.0. The van der Waals surface area contributed by atoms with Gasteiger partial charge in [-0.3, -0.25) is 14.4 Å². The van der Waals surface area contributed by atoms with E-state index in [1.165, 1.54) is 12.0 Å². The van der Waals surface area contributed by atoms with Gasteiger partial charge in [0.2, 0.25) is 17.7 Å². The van der Waals surface area contributed by atoms with E-state index in [0.717, 1.165) is 32.1 Å².